The van der Waals surface area contributed by atoms with Gasteiger partial charge in [0.05, 0.1) is 13.7 Å². The summed E-state index contributed by atoms with van der Waals surface area (Å²) in [5.41, 5.74) is 3.05. The second-order valence-electron chi connectivity index (χ2n) is 6.67. The lowest BCUT2D eigenvalue weighted by molar-refractivity contribution is 0.132. The molecule has 1 N–H and O–H groups in total. The van der Waals surface area contributed by atoms with Gasteiger partial charge in [-0.15, -0.1) is 12.4 Å². The third kappa shape index (κ3) is 4.38. The van der Waals surface area contributed by atoms with E-state index in [1.165, 1.54) is 44.6 Å². The SMILES string of the molecule is CCOCc1cc(CN2CCC3(CCNC3)C2)ccc1OC.Cl. The van der Waals surface area contributed by atoms with Gasteiger partial charge in [-0.2, -0.15) is 0 Å². The van der Waals surface area contributed by atoms with Crippen LogP contribution in [0.15, 0.2) is 18.2 Å². The summed E-state index contributed by atoms with van der Waals surface area (Å²) >= 11 is 0. The first-order valence-corrected chi connectivity index (χ1v) is 8.41. The molecule has 1 aromatic carbocycles. The Labute approximate surface area is 145 Å². The number of ether oxygens (including phenoxy) is 2. The minimum Gasteiger partial charge on any atom is -0.496 e. The molecule has 3 rings (SSSR count). The number of nitrogens with zero attached hydrogens (tertiary/aromatic N) is 1. The Morgan fingerprint density at radius 3 is 2.87 bits per heavy atom. The van der Waals surface area contributed by atoms with Crippen LogP contribution < -0.4 is 10.1 Å². The van der Waals surface area contributed by atoms with Crippen molar-refractivity contribution in [3.63, 3.8) is 0 Å². The number of nitrogens with one attached hydrogen (secondary N) is 1. The number of likely N-dealkylation sites (tertiary alicyclic amines) is 1. The van der Waals surface area contributed by atoms with Gasteiger partial charge in [0, 0.05) is 31.8 Å². The summed E-state index contributed by atoms with van der Waals surface area (Å²) in [5.74, 6) is 0.926. The Morgan fingerprint density at radius 2 is 2.17 bits per heavy atom. The summed E-state index contributed by atoms with van der Waals surface area (Å²) in [6.07, 6.45) is 2.67. The van der Waals surface area contributed by atoms with Crippen LogP contribution in [0.2, 0.25) is 0 Å². The highest BCUT2D eigenvalue weighted by Gasteiger charge is 2.39. The summed E-state index contributed by atoms with van der Waals surface area (Å²) in [5, 5.41) is 3.53. The van der Waals surface area contributed by atoms with Gasteiger partial charge in [0.15, 0.2) is 0 Å². The van der Waals surface area contributed by atoms with Gasteiger partial charge in [-0.25, -0.2) is 0 Å². The van der Waals surface area contributed by atoms with Crippen LogP contribution in [0.3, 0.4) is 0 Å². The van der Waals surface area contributed by atoms with Crippen LogP contribution in [-0.2, 0) is 17.9 Å². The molecule has 2 saturated heterocycles. The third-order valence-electron chi connectivity index (χ3n) is 5.06. The van der Waals surface area contributed by atoms with E-state index in [2.05, 4.69) is 28.4 Å². The highest BCUT2D eigenvalue weighted by molar-refractivity contribution is 5.85. The molecule has 1 aromatic rings. The number of rotatable bonds is 6. The molecule has 2 aliphatic rings. The Morgan fingerprint density at radius 1 is 1.30 bits per heavy atom. The predicted molar refractivity (Wildman–Crippen MR) is 95.4 cm³/mol. The van der Waals surface area contributed by atoms with E-state index < -0.39 is 0 Å². The van der Waals surface area contributed by atoms with Crippen LogP contribution >= 0.6 is 12.4 Å². The molecule has 2 heterocycles. The van der Waals surface area contributed by atoms with Crippen molar-refractivity contribution in [1.29, 1.82) is 0 Å². The second kappa shape index (κ2) is 8.34. The topological polar surface area (TPSA) is 33.7 Å². The summed E-state index contributed by atoms with van der Waals surface area (Å²) in [6.45, 7) is 9.24. The Kier molecular flexibility index (Phi) is 6.72. The maximum Gasteiger partial charge on any atom is 0.124 e. The zero-order valence-corrected chi connectivity index (χ0v) is 15.1. The molecular weight excluding hydrogens is 312 g/mol. The van der Waals surface area contributed by atoms with Gasteiger partial charge in [0.25, 0.3) is 0 Å². The van der Waals surface area contributed by atoms with Crippen molar-refractivity contribution in [2.75, 3.05) is 39.9 Å². The van der Waals surface area contributed by atoms with Crippen LogP contribution in [0.1, 0.15) is 30.9 Å². The van der Waals surface area contributed by atoms with Gasteiger partial charge in [-0.05, 0) is 56.0 Å². The molecule has 0 radical (unpaired) electrons. The highest BCUT2D eigenvalue weighted by Crippen LogP contribution is 2.36. The van der Waals surface area contributed by atoms with Crippen molar-refractivity contribution in [2.45, 2.75) is 32.9 Å². The fourth-order valence-electron chi connectivity index (χ4n) is 3.82. The maximum absolute atomic E-state index is 5.56. The van der Waals surface area contributed by atoms with Crippen LogP contribution in [0, 0.1) is 5.41 Å². The molecule has 0 amide bonds. The van der Waals surface area contributed by atoms with E-state index in [0.29, 0.717) is 12.0 Å². The zero-order valence-electron chi connectivity index (χ0n) is 14.3. The molecule has 5 heteroatoms. The highest BCUT2D eigenvalue weighted by atomic mass is 35.5. The molecule has 2 aliphatic heterocycles. The van der Waals surface area contributed by atoms with Gasteiger partial charge in [0.2, 0.25) is 0 Å². The van der Waals surface area contributed by atoms with Gasteiger partial charge in [-0.1, -0.05) is 6.07 Å². The lowest BCUT2D eigenvalue weighted by Crippen LogP contribution is -2.28. The fraction of sp³-hybridized carbons (Fsp3) is 0.667. The van der Waals surface area contributed by atoms with Crippen molar-refractivity contribution < 1.29 is 9.47 Å². The van der Waals surface area contributed by atoms with Gasteiger partial charge in [0.1, 0.15) is 5.75 Å². The molecule has 0 aromatic heterocycles. The molecule has 0 saturated carbocycles. The molecule has 23 heavy (non-hydrogen) atoms. The summed E-state index contributed by atoms with van der Waals surface area (Å²) in [7, 11) is 1.72. The van der Waals surface area contributed by atoms with Crippen molar-refractivity contribution in [2.24, 2.45) is 5.41 Å². The van der Waals surface area contributed by atoms with Crippen LogP contribution in [0.25, 0.3) is 0 Å². The van der Waals surface area contributed by atoms with Gasteiger partial charge >= 0.3 is 0 Å². The number of hydrogen-bond acceptors (Lipinski definition) is 4. The maximum atomic E-state index is 5.56. The minimum absolute atomic E-state index is 0. The summed E-state index contributed by atoms with van der Waals surface area (Å²) in [6, 6.07) is 6.51. The minimum atomic E-state index is 0. The van der Waals surface area contributed by atoms with Gasteiger partial charge < -0.3 is 14.8 Å². The standard InChI is InChI=1S/C18H28N2O2.ClH/c1-3-22-12-16-10-15(4-5-17(16)21-2)11-20-9-7-18(14-20)6-8-19-13-18;/h4-5,10,19H,3,6-9,11-14H2,1-2H3;1H. The average Bonchev–Trinajstić information content (AvgIpc) is 3.16. The Balaban J connectivity index is 0.00000192. The molecule has 1 spiro atoms. The average molecular weight is 341 g/mol. The monoisotopic (exact) mass is 340 g/mol. The van der Waals surface area contributed by atoms with Crippen LogP contribution in [0.4, 0.5) is 0 Å². The fourth-order valence-corrected chi connectivity index (χ4v) is 3.82. The van der Waals surface area contributed by atoms with Crippen molar-refractivity contribution in [1.82, 2.24) is 10.2 Å². The van der Waals surface area contributed by atoms with E-state index in [4.69, 9.17) is 9.47 Å². The summed E-state index contributed by atoms with van der Waals surface area (Å²) < 4.78 is 11.0. The largest absolute Gasteiger partial charge is 0.496 e. The molecule has 130 valence electrons. The van der Waals surface area contributed by atoms with E-state index in [1.54, 1.807) is 7.11 Å². The molecule has 0 bridgehead atoms. The lowest BCUT2D eigenvalue weighted by Gasteiger charge is -2.23. The van der Waals surface area contributed by atoms with Crippen molar-refractivity contribution >= 4 is 12.4 Å². The van der Waals surface area contributed by atoms with Gasteiger partial charge in [-0.3, -0.25) is 4.90 Å². The third-order valence-corrected chi connectivity index (χ3v) is 5.06. The van der Waals surface area contributed by atoms with E-state index in [9.17, 15) is 0 Å². The Hall–Kier alpha value is -0.810. The number of benzene rings is 1. The first-order chi connectivity index (χ1) is 10.7. The Bertz CT molecular complexity index is 504. The van der Waals surface area contributed by atoms with E-state index in [-0.39, 0.29) is 12.4 Å². The number of hydrogen-bond donors (Lipinski definition) is 1. The van der Waals surface area contributed by atoms with Crippen molar-refractivity contribution in [3.05, 3.63) is 29.3 Å². The quantitative estimate of drug-likeness (QED) is 0.863. The lowest BCUT2D eigenvalue weighted by atomic mass is 9.86. The predicted octanol–water partition coefficient (Wildman–Crippen LogP) is 2.84. The smallest absolute Gasteiger partial charge is 0.124 e. The second-order valence-corrected chi connectivity index (χ2v) is 6.67. The van der Waals surface area contributed by atoms with E-state index in [0.717, 1.165) is 24.5 Å². The van der Waals surface area contributed by atoms with E-state index in [1.807, 2.05) is 6.92 Å². The molecule has 0 aliphatic carbocycles. The van der Waals surface area contributed by atoms with Crippen LogP contribution in [-0.4, -0.2) is 44.8 Å². The molecule has 2 fully saturated rings. The molecule has 1 atom stereocenters. The zero-order chi connectivity index (χ0) is 15.4. The number of methoxy groups -OCH3 is 1. The number of halogens is 1. The molecule has 4 nitrogen and oxygen atoms in total. The summed E-state index contributed by atoms with van der Waals surface area (Å²) in [4.78, 5) is 2.60. The first-order valence-electron chi connectivity index (χ1n) is 8.41. The molecule has 1 unspecified atom stereocenters. The molecular formula is C18H29ClN2O2. The first kappa shape index (κ1) is 18.5. The normalized spacial score (nSPS) is 24.1. The van der Waals surface area contributed by atoms with E-state index >= 15 is 0 Å². The van der Waals surface area contributed by atoms with Crippen molar-refractivity contribution in [3.8, 4) is 5.75 Å². The van der Waals surface area contributed by atoms with Crippen LogP contribution in [0.5, 0.6) is 5.75 Å².